The molecular formula is C13H12N2O4. The predicted molar refractivity (Wildman–Crippen MR) is 68.0 cm³/mol. The van der Waals surface area contributed by atoms with Gasteiger partial charge in [-0.05, 0) is 25.1 Å². The third-order valence-corrected chi connectivity index (χ3v) is 2.48. The molecule has 1 heterocycles. The maximum Gasteiger partial charge on any atom is 0.311 e. The molecule has 0 bridgehead atoms. The van der Waals surface area contributed by atoms with Gasteiger partial charge in [-0.25, -0.2) is 0 Å². The maximum atomic E-state index is 10.8. The van der Waals surface area contributed by atoms with Crippen molar-refractivity contribution < 1.29 is 14.8 Å². The van der Waals surface area contributed by atoms with Crippen molar-refractivity contribution in [1.29, 1.82) is 0 Å². The van der Waals surface area contributed by atoms with Crippen LogP contribution in [0.5, 0.6) is 11.5 Å². The van der Waals surface area contributed by atoms with Crippen molar-refractivity contribution in [3.8, 4) is 11.5 Å². The van der Waals surface area contributed by atoms with Gasteiger partial charge in [0.15, 0.2) is 0 Å². The molecule has 0 saturated carbocycles. The molecule has 1 aromatic carbocycles. The van der Waals surface area contributed by atoms with Crippen LogP contribution >= 0.6 is 0 Å². The number of nitro benzene ring substituents is 1. The molecule has 1 aromatic heterocycles. The fourth-order valence-corrected chi connectivity index (χ4v) is 1.52. The third kappa shape index (κ3) is 3.05. The van der Waals surface area contributed by atoms with Crippen molar-refractivity contribution in [3.63, 3.8) is 0 Å². The normalized spacial score (nSPS) is 11.9. The van der Waals surface area contributed by atoms with Gasteiger partial charge in [0.1, 0.15) is 5.75 Å². The lowest BCUT2D eigenvalue weighted by Gasteiger charge is -2.07. The van der Waals surface area contributed by atoms with Gasteiger partial charge in [0.25, 0.3) is 0 Å². The summed E-state index contributed by atoms with van der Waals surface area (Å²) in [5.74, 6) is 0.526. The number of aliphatic hydroxyl groups excluding tert-OH is 1. The van der Waals surface area contributed by atoms with E-state index in [-0.39, 0.29) is 11.4 Å². The van der Waals surface area contributed by atoms with Crippen LogP contribution in [-0.2, 0) is 0 Å². The van der Waals surface area contributed by atoms with Crippen molar-refractivity contribution in [2.45, 2.75) is 13.0 Å². The summed E-state index contributed by atoms with van der Waals surface area (Å²) < 4.78 is 5.42. The molecule has 6 nitrogen and oxygen atoms in total. The highest BCUT2D eigenvalue weighted by Crippen LogP contribution is 2.30. The summed E-state index contributed by atoms with van der Waals surface area (Å²) in [6.45, 7) is 1.60. The van der Waals surface area contributed by atoms with E-state index in [0.29, 0.717) is 11.4 Å². The molecule has 0 unspecified atom stereocenters. The zero-order chi connectivity index (χ0) is 13.8. The van der Waals surface area contributed by atoms with Gasteiger partial charge in [-0.1, -0.05) is 12.1 Å². The first-order valence-corrected chi connectivity index (χ1v) is 5.63. The van der Waals surface area contributed by atoms with Crippen molar-refractivity contribution in [3.05, 3.63) is 58.4 Å². The van der Waals surface area contributed by atoms with E-state index in [2.05, 4.69) is 4.98 Å². The van der Waals surface area contributed by atoms with Gasteiger partial charge in [-0.2, -0.15) is 0 Å². The zero-order valence-electron chi connectivity index (χ0n) is 10.2. The SMILES string of the molecule is C[C@@H](O)c1ccc(Oc2ccccc2[N+](=O)[O-])cn1. The van der Waals surface area contributed by atoms with E-state index in [4.69, 9.17) is 4.74 Å². The van der Waals surface area contributed by atoms with Gasteiger partial charge in [0, 0.05) is 6.07 Å². The van der Waals surface area contributed by atoms with Crippen LogP contribution in [0.15, 0.2) is 42.6 Å². The Morgan fingerprint density at radius 1 is 1.32 bits per heavy atom. The second-order valence-corrected chi connectivity index (χ2v) is 3.92. The predicted octanol–water partition coefficient (Wildman–Crippen LogP) is 2.84. The Kier molecular flexibility index (Phi) is 3.72. The summed E-state index contributed by atoms with van der Waals surface area (Å²) >= 11 is 0. The Labute approximate surface area is 109 Å². The Bertz CT molecular complexity index is 581. The van der Waals surface area contributed by atoms with E-state index >= 15 is 0 Å². The lowest BCUT2D eigenvalue weighted by atomic mass is 10.2. The highest BCUT2D eigenvalue weighted by molar-refractivity contribution is 5.47. The molecule has 0 saturated heterocycles. The van der Waals surface area contributed by atoms with Crippen LogP contribution in [0.3, 0.4) is 0 Å². The minimum Gasteiger partial charge on any atom is -0.449 e. The van der Waals surface area contributed by atoms with E-state index in [1.54, 1.807) is 31.2 Å². The van der Waals surface area contributed by atoms with Crippen molar-refractivity contribution in [2.75, 3.05) is 0 Å². The number of nitro groups is 1. The molecule has 0 amide bonds. The molecule has 1 N–H and O–H groups in total. The number of para-hydroxylation sites is 2. The van der Waals surface area contributed by atoms with Crippen molar-refractivity contribution in [2.24, 2.45) is 0 Å². The molecule has 1 atom stereocenters. The molecule has 19 heavy (non-hydrogen) atoms. The van der Waals surface area contributed by atoms with Gasteiger partial charge < -0.3 is 9.84 Å². The van der Waals surface area contributed by atoms with Gasteiger partial charge in [0.2, 0.25) is 5.75 Å². The molecule has 0 spiro atoms. The second kappa shape index (κ2) is 5.45. The standard InChI is InChI=1S/C13H12N2O4/c1-9(16)11-7-6-10(8-14-11)19-13-5-3-2-4-12(13)15(17)18/h2-9,16H,1H3/t9-/m1/s1. The van der Waals surface area contributed by atoms with Crippen LogP contribution in [-0.4, -0.2) is 15.0 Å². The van der Waals surface area contributed by atoms with E-state index in [9.17, 15) is 15.2 Å². The molecular weight excluding hydrogens is 248 g/mol. The number of pyridine rings is 1. The van der Waals surface area contributed by atoms with E-state index < -0.39 is 11.0 Å². The fraction of sp³-hybridized carbons (Fsp3) is 0.154. The lowest BCUT2D eigenvalue weighted by molar-refractivity contribution is -0.385. The van der Waals surface area contributed by atoms with E-state index in [1.807, 2.05) is 0 Å². The monoisotopic (exact) mass is 260 g/mol. The number of hydrogen-bond acceptors (Lipinski definition) is 5. The van der Waals surface area contributed by atoms with E-state index in [0.717, 1.165) is 0 Å². The topological polar surface area (TPSA) is 85.5 Å². The number of ether oxygens (including phenoxy) is 1. The van der Waals surface area contributed by atoms with Gasteiger partial charge in [-0.3, -0.25) is 15.1 Å². The highest BCUT2D eigenvalue weighted by atomic mass is 16.6. The molecule has 0 fully saturated rings. The Balaban J connectivity index is 2.24. The van der Waals surface area contributed by atoms with Crippen LogP contribution in [0.4, 0.5) is 5.69 Å². The first-order chi connectivity index (χ1) is 9.08. The number of aromatic nitrogens is 1. The summed E-state index contributed by atoms with van der Waals surface area (Å²) in [5.41, 5.74) is 0.400. The van der Waals surface area contributed by atoms with Crippen LogP contribution in [0.1, 0.15) is 18.7 Å². The van der Waals surface area contributed by atoms with Crippen LogP contribution in [0, 0.1) is 10.1 Å². The Hall–Kier alpha value is -2.47. The van der Waals surface area contributed by atoms with Gasteiger partial charge >= 0.3 is 5.69 Å². The summed E-state index contributed by atoms with van der Waals surface area (Å²) in [7, 11) is 0. The first-order valence-electron chi connectivity index (χ1n) is 5.63. The molecule has 0 aliphatic carbocycles. The number of nitrogens with zero attached hydrogens (tertiary/aromatic N) is 2. The second-order valence-electron chi connectivity index (χ2n) is 3.92. The summed E-state index contributed by atoms with van der Waals surface area (Å²) in [4.78, 5) is 14.3. The van der Waals surface area contributed by atoms with Crippen molar-refractivity contribution >= 4 is 5.69 Å². The molecule has 6 heteroatoms. The summed E-state index contributed by atoms with van der Waals surface area (Å²) in [6, 6.07) is 9.31. The van der Waals surface area contributed by atoms with Crippen molar-refractivity contribution in [1.82, 2.24) is 4.98 Å². The molecule has 2 aromatic rings. The van der Waals surface area contributed by atoms with Gasteiger partial charge in [-0.15, -0.1) is 0 Å². The van der Waals surface area contributed by atoms with E-state index in [1.165, 1.54) is 18.3 Å². The smallest absolute Gasteiger partial charge is 0.311 e. The van der Waals surface area contributed by atoms with Crippen LogP contribution in [0.25, 0.3) is 0 Å². The summed E-state index contributed by atoms with van der Waals surface area (Å²) in [5, 5.41) is 20.2. The summed E-state index contributed by atoms with van der Waals surface area (Å²) in [6.07, 6.45) is 0.749. The molecule has 0 radical (unpaired) electrons. The number of hydrogen-bond donors (Lipinski definition) is 1. The van der Waals surface area contributed by atoms with Crippen LogP contribution < -0.4 is 4.74 Å². The molecule has 0 aliphatic rings. The Morgan fingerprint density at radius 2 is 2.05 bits per heavy atom. The zero-order valence-corrected chi connectivity index (χ0v) is 10.2. The largest absolute Gasteiger partial charge is 0.449 e. The maximum absolute atomic E-state index is 10.8. The molecule has 98 valence electrons. The minimum absolute atomic E-state index is 0.109. The highest BCUT2D eigenvalue weighted by Gasteiger charge is 2.14. The molecule has 0 aliphatic heterocycles. The Morgan fingerprint density at radius 3 is 2.63 bits per heavy atom. The first kappa shape index (κ1) is 13.0. The fourth-order valence-electron chi connectivity index (χ4n) is 1.52. The average Bonchev–Trinajstić information content (AvgIpc) is 2.39. The number of aliphatic hydroxyl groups is 1. The molecule has 2 rings (SSSR count). The minimum atomic E-state index is -0.667. The third-order valence-electron chi connectivity index (χ3n) is 2.48. The number of benzene rings is 1. The average molecular weight is 260 g/mol. The van der Waals surface area contributed by atoms with Gasteiger partial charge in [0.05, 0.1) is 22.9 Å². The van der Waals surface area contributed by atoms with Crippen LogP contribution in [0.2, 0.25) is 0 Å². The quantitative estimate of drug-likeness (QED) is 0.674. The lowest BCUT2D eigenvalue weighted by Crippen LogP contribution is -1.96. The number of rotatable bonds is 4.